The van der Waals surface area contributed by atoms with E-state index in [1.165, 1.54) is 0 Å². The highest BCUT2D eigenvalue weighted by molar-refractivity contribution is 6.31. The van der Waals surface area contributed by atoms with E-state index in [1.807, 2.05) is 18.2 Å². The van der Waals surface area contributed by atoms with E-state index in [4.69, 9.17) is 16.3 Å². The summed E-state index contributed by atoms with van der Waals surface area (Å²) in [4.78, 5) is 0. The summed E-state index contributed by atoms with van der Waals surface area (Å²) in [5.74, 6) is 1.41. The third kappa shape index (κ3) is 1.72. The van der Waals surface area contributed by atoms with Crippen molar-refractivity contribution in [1.82, 2.24) is 5.32 Å². The van der Waals surface area contributed by atoms with Crippen molar-refractivity contribution in [3.05, 3.63) is 28.8 Å². The van der Waals surface area contributed by atoms with Crippen LogP contribution in [0.4, 0.5) is 0 Å². The Hall–Kier alpha value is -0.730. The van der Waals surface area contributed by atoms with Gasteiger partial charge in [0.1, 0.15) is 5.75 Å². The molecule has 2 rings (SSSR count). The molecule has 0 aliphatic carbocycles. The van der Waals surface area contributed by atoms with Crippen molar-refractivity contribution in [1.29, 1.82) is 0 Å². The van der Waals surface area contributed by atoms with Crippen molar-refractivity contribution in [2.75, 3.05) is 20.2 Å². The minimum absolute atomic E-state index is 0.499. The maximum Gasteiger partial charge on any atom is 0.123 e. The molecule has 0 spiro atoms. The fourth-order valence-electron chi connectivity index (χ4n) is 1.99. The van der Waals surface area contributed by atoms with Crippen molar-refractivity contribution < 1.29 is 4.74 Å². The molecule has 2 nitrogen and oxygen atoms in total. The van der Waals surface area contributed by atoms with Gasteiger partial charge in [-0.3, -0.25) is 0 Å². The molecule has 1 aromatic carbocycles. The zero-order valence-electron chi connectivity index (χ0n) is 8.22. The Labute approximate surface area is 89.2 Å². The van der Waals surface area contributed by atoms with Gasteiger partial charge in [-0.25, -0.2) is 0 Å². The fraction of sp³-hybridized carbons (Fsp3) is 0.455. The maximum atomic E-state index is 6.18. The Balaban J connectivity index is 2.37. The van der Waals surface area contributed by atoms with Crippen LogP contribution in [0.5, 0.6) is 5.75 Å². The summed E-state index contributed by atoms with van der Waals surface area (Å²) >= 11 is 6.18. The van der Waals surface area contributed by atoms with E-state index < -0.39 is 0 Å². The van der Waals surface area contributed by atoms with Crippen molar-refractivity contribution in [2.24, 2.45) is 0 Å². The molecule has 1 saturated heterocycles. The first-order valence-electron chi connectivity index (χ1n) is 4.86. The van der Waals surface area contributed by atoms with Crippen LogP contribution >= 0.6 is 11.6 Å². The smallest absolute Gasteiger partial charge is 0.123 e. The van der Waals surface area contributed by atoms with Crippen LogP contribution in [0.15, 0.2) is 18.2 Å². The van der Waals surface area contributed by atoms with Gasteiger partial charge in [-0.2, -0.15) is 0 Å². The van der Waals surface area contributed by atoms with Crippen LogP contribution < -0.4 is 10.1 Å². The number of hydrogen-bond donors (Lipinski definition) is 1. The molecule has 0 bridgehead atoms. The van der Waals surface area contributed by atoms with Crippen molar-refractivity contribution >= 4 is 11.6 Å². The Morgan fingerprint density at radius 2 is 2.36 bits per heavy atom. The normalized spacial score (nSPS) is 21.1. The van der Waals surface area contributed by atoms with E-state index in [2.05, 4.69) is 5.32 Å². The molecule has 1 aliphatic rings. The highest BCUT2D eigenvalue weighted by Gasteiger charge is 2.22. The number of ether oxygens (including phenoxy) is 1. The third-order valence-corrected chi connectivity index (χ3v) is 3.03. The first-order chi connectivity index (χ1) is 6.83. The summed E-state index contributed by atoms with van der Waals surface area (Å²) in [6.45, 7) is 2.07. The minimum Gasteiger partial charge on any atom is -0.496 e. The number of methoxy groups -OCH3 is 1. The molecule has 76 valence electrons. The van der Waals surface area contributed by atoms with E-state index in [-0.39, 0.29) is 0 Å². The summed E-state index contributed by atoms with van der Waals surface area (Å²) in [6, 6.07) is 5.82. The Morgan fingerprint density at radius 1 is 1.50 bits per heavy atom. The molecule has 1 atom stereocenters. The third-order valence-electron chi connectivity index (χ3n) is 2.70. The topological polar surface area (TPSA) is 21.3 Å². The lowest BCUT2D eigenvalue weighted by atomic mass is 9.97. The molecular weight excluding hydrogens is 198 g/mol. The molecule has 1 fully saturated rings. The zero-order chi connectivity index (χ0) is 9.97. The van der Waals surface area contributed by atoms with Crippen LogP contribution in [0.2, 0.25) is 5.02 Å². The number of halogens is 1. The van der Waals surface area contributed by atoms with Crippen LogP contribution in [0.1, 0.15) is 17.9 Å². The summed E-state index contributed by atoms with van der Waals surface area (Å²) in [5, 5.41) is 4.15. The molecule has 0 amide bonds. The van der Waals surface area contributed by atoms with Gasteiger partial charge in [0.2, 0.25) is 0 Å². The molecule has 0 saturated carbocycles. The number of benzene rings is 1. The second-order valence-corrected chi connectivity index (χ2v) is 3.95. The quantitative estimate of drug-likeness (QED) is 0.812. The summed E-state index contributed by atoms with van der Waals surface area (Å²) in [5.41, 5.74) is 1.15. The second kappa shape index (κ2) is 4.20. The van der Waals surface area contributed by atoms with Crippen LogP contribution in [-0.4, -0.2) is 20.2 Å². The molecule has 0 radical (unpaired) electrons. The molecule has 1 heterocycles. The van der Waals surface area contributed by atoms with Crippen LogP contribution in [0.25, 0.3) is 0 Å². The molecule has 1 aromatic rings. The Kier molecular flexibility index (Phi) is 2.94. The lowest BCUT2D eigenvalue weighted by Crippen LogP contribution is -2.09. The molecule has 1 N–H and O–H groups in total. The largest absolute Gasteiger partial charge is 0.496 e. The number of nitrogens with one attached hydrogen (secondary N) is 1. The molecule has 14 heavy (non-hydrogen) atoms. The van der Waals surface area contributed by atoms with E-state index in [0.29, 0.717) is 5.92 Å². The summed E-state index contributed by atoms with van der Waals surface area (Å²) < 4.78 is 5.33. The van der Waals surface area contributed by atoms with Crippen LogP contribution in [-0.2, 0) is 0 Å². The van der Waals surface area contributed by atoms with Gasteiger partial charge >= 0.3 is 0 Å². The lowest BCUT2D eigenvalue weighted by Gasteiger charge is -2.15. The van der Waals surface area contributed by atoms with E-state index in [9.17, 15) is 0 Å². The predicted molar refractivity (Wildman–Crippen MR) is 58.2 cm³/mol. The van der Waals surface area contributed by atoms with Gasteiger partial charge in [-0.1, -0.05) is 17.7 Å². The fourth-order valence-corrected chi connectivity index (χ4v) is 2.31. The van der Waals surface area contributed by atoms with Crippen LogP contribution in [0, 0.1) is 0 Å². The summed E-state index contributed by atoms with van der Waals surface area (Å²) in [7, 11) is 1.69. The van der Waals surface area contributed by atoms with Gasteiger partial charge in [-0.05, 0) is 25.1 Å². The molecule has 0 aromatic heterocycles. The Bertz CT molecular complexity index is 321. The minimum atomic E-state index is 0.499. The van der Waals surface area contributed by atoms with E-state index in [0.717, 1.165) is 35.8 Å². The van der Waals surface area contributed by atoms with Crippen molar-refractivity contribution in [2.45, 2.75) is 12.3 Å². The Morgan fingerprint density at radius 3 is 3.00 bits per heavy atom. The molecule has 1 unspecified atom stereocenters. The summed E-state index contributed by atoms with van der Waals surface area (Å²) in [6.07, 6.45) is 1.14. The zero-order valence-corrected chi connectivity index (χ0v) is 8.97. The van der Waals surface area contributed by atoms with Gasteiger partial charge in [-0.15, -0.1) is 0 Å². The molecular formula is C11H14ClNO. The number of rotatable bonds is 2. The van der Waals surface area contributed by atoms with E-state index >= 15 is 0 Å². The molecule has 3 heteroatoms. The standard InChI is InChI=1S/C11H14ClNO/c1-14-10-4-2-3-9(12)11(10)8-5-6-13-7-8/h2-4,8,13H,5-7H2,1H3. The lowest BCUT2D eigenvalue weighted by molar-refractivity contribution is 0.406. The van der Waals surface area contributed by atoms with Crippen LogP contribution in [0.3, 0.4) is 0 Å². The SMILES string of the molecule is COc1cccc(Cl)c1C1CCNC1. The average molecular weight is 212 g/mol. The van der Waals surface area contributed by atoms with Gasteiger partial charge in [0, 0.05) is 23.0 Å². The first-order valence-corrected chi connectivity index (χ1v) is 5.24. The maximum absolute atomic E-state index is 6.18. The van der Waals surface area contributed by atoms with Crippen molar-refractivity contribution in [3.63, 3.8) is 0 Å². The molecule has 1 aliphatic heterocycles. The second-order valence-electron chi connectivity index (χ2n) is 3.55. The monoisotopic (exact) mass is 211 g/mol. The van der Waals surface area contributed by atoms with Gasteiger partial charge < -0.3 is 10.1 Å². The van der Waals surface area contributed by atoms with Gasteiger partial charge in [0.25, 0.3) is 0 Å². The first kappa shape index (κ1) is 9.81. The van der Waals surface area contributed by atoms with Gasteiger partial charge in [0.15, 0.2) is 0 Å². The number of hydrogen-bond acceptors (Lipinski definition) is 2. The van der Waals surface area contributed by atoms with Gasteiger partial charge in [0.05, 0.1) is 7.11 Å². The highest BCUT2D eigenvalue weighted by atomic mass is 35.5. The van der Waals surface area contributed by atoms with E-state index in [1.54, 1.807) is 7.11 Å². The predicted octanol–water partition coefficient (Wildman–Crippen LogP) is 2.43. The average Bonchev–Trinajstić information content (AvgIpc) is 2.70. The van der Waals surface area contributed by atoms with Crippen molar-refractivity contribution in [3.8, 4) is 5.75 Å². The highest BCUT2D eigenvalue weighted by Crippen LogP contribution is 2.35.